The van der Waals surface area contributed by atoms with Crippen molar-refractivity contribution in [3.8, 4) is 0 Å². The number of hydrogen-bond acceptors (Lipinski definition) is 5. The molecule has 1 aromatic rings. The zero-order chi connectivity index (χ0) is 17.4. The number of piperidine rings is 1. The van der Waals surface area contributed by atoms with Gasteiger partial charge in [0.1, 0.15) is 5.69 Å². The summed E-state index contributed by atoms with van der Waals surface area (Å²) < 4.78 is 0. The summed E-state index contributed by atoms with van der Waals surface area (Å²) in [6, 6.07) is 6.49. The number of nitro groups is 1. The number of likely N-dealkylation sites (tertiary alicyclic amines) is 1. The number of hydrogen-bond donors (Lipinski definition) is 2. The smallest absolute Gasteiger partial charge is 0.292 e. The van der Waals surface area contributed by atoms with Crippen molar-refractivity contribution in [2.45, 2.75) is 26.2 Å². The summed E-state index contributed by atoms with van der Waals surface area (Å²) in [7, 11) is 0. The van der Waals surface area contributed by atoms with Crippen LogP contribution in [-0.4, -0.2) is 48.5 Å². The Morgan fingerprint density at radius 1 is 1.33 bits per heavy atom. The number of nitrogens with one attached hydrogen (secondary N) is 2. The van der Waals surface area contributed by atoms with Crippen LogP contribution in [-0.2, 0) is 4.79 Å². The molecule has 7 nitrogen and oxygen atoms in total. The van der Waals surface area contributed by atoms with E-state index in [9.17, 15) is 14.9 Å². The van der Waals surface area contributed by atoms with Crippen LogP contribution in [0.4, 0.5) is 11.4 Å². The molecule has 1 amide bonds. The highest BCUT2D eigenvalue weighted by molar-refractivity contribution is 5.77. The standard InChI is InChI=1S/C17H26N4O3/c1-2-18-13-14-8-11-20(12-9-14)17(22)7-10-19-15-5-3-4-6-16(15)21(23)24/h3-6,14,18-19H,2,7-13H2,1H3. The van der Waals surface area contributed by atoms with Gasteiger partial charge >= 0.3 is 0 Å². The first-order chi connectivity index (χ1) is 11.6. The number of para-hydroxylation sites is 2. The average Bonchev–Trinajstić information content (AvgIpc) is 2.60. The van der Waals surface area contributed by atoms with Crippen LogP contribution in [0.5, 0.6) is 0 Å². The number of anilines is 1. The maximum Gasteiger partial charge on any atom is 0.292 e. The minimum atomic E-state index is -0.417. The van der Waals surface area contributed by atoms with E-state index in [2.05, 4.69) is 17.6 Å². The second-order valence-electron chi connectivity index (χ2n) is 6.08. The summed E-state index contributed by atoms with van der Waals surface area (Å²) in [5, 5.41) is 17.3. The number of rotatable bonds is 8. The molecule has 1 aliphatic heterocycles. The van der Waals surface area contributed by atoms with Gasteiger partial charge in [-0.1, -0.05) is 19.1 Å². The van der Waals surface area contributed by atoms with Crippen molar-refractivity contribution >= 4 is 17.3 Å². The van der Waals surface area contributed by atoms with Gasteiger partial charge in [-0.2, -0.15) is 0 Å². The second-order valence-corrected chi connectivity index (χ2v) is 6.08. The van der Waals surface area contributed by atoms with Crippen LogP contribution < -0.4 is 10.6 Å². The Hall–Kier alpha value is -2.15. The molecule has 1 aliphatic rings. The topological polar surface area (TPSA) is 87.5 Å². The van der Waals surface area contributed by atoms with E-state index >= 15 is 0 Å². The zero-order valence-corrected chi connectivity index (χ0v) is 14.2. The zero-order valence-electron chi connectivity index (χ0n) is 14.2. The lowest BCUT2D eigenvalue weighted by molar-refractivity contribution is -0.384. The molecule has 1 heterocycles. The number of carbonyl (C=O) groups is 1. The van der Waals surface area contributed by atoms with Crippen LogP contribution in [0.1, 0.15) is 26.2 Å². The SMILES string of the molecule is CCNCC1CCN(C(=O)CCNc2ccccc2[N+](=O)[O-])CC1. The Morgan fingerprint density at radius 2 is 2.04 bits per heavy atom. The predicted octanol–water partition coefficient (Wildman–Crippen LogP) is 2.24. The number of carbonyl (C=O) groups excluding carboxylic acids is 1. The third kappa shape index (κ3) is 5.19. The van der Waals surface area contributed by atoms with E-state index in [4.69, 9.17) is 0 Å². The molecule has 7 heteroatoms. The van der Waals surface area contributed by atoms with Gasteiger partial charge in [-0.05, 0) is 37.9 Å². The van der Waals surface area contributed by atoms with Crippen molar-refractivity contribution in [1.82, 2.24) is 10.2 Å². The fourth-order valence-corrected chi connectivity index (χ4v) is 2.98. The van der Waals surface area contributed by atoms with Gasteiger partial charge in [-0.25, -0.2) is 0 Å². The van der Waals surface area contributed by atoms with E-state index in [1.165, 1.54) is 6.07 Å². The van der Waals surface area contributed by atoms with Crippen molar-refractivity contribution in [3.05, 3.63) is 34.4 Å². The van der Waals surface area contributed by atoms with Crippen LogP contribution in [0.3, 0.4) is 0 Å². The molecule has 1 saturated heterocycles. The van der Waals surface area contributed by atoms with E-state index in [-0.39, 0.29) is 11.6 Å². The summed E-state index contributed by atoms with van der Waals surface area (Å²) in [6.45, 7) is 6.12. The molecule has 0 saturated carbocycles. The van der Waals surface area contributed by atoms with Gasteiger partial charge in [0.15, 0.2) is 0 Å². The maximum atomic E-state index is 12.3. The van der Waals surface area contributed by atoms with Gasteiger partial charge in [0.2, 0.25) is 5.91 Å². The Bertz CT molecular complexity index is 557. The molecular weight excluding hydrogens is 308 g/mol. The van der Waals surface area contributed by atoms with Crippen molar-refractivity contribution in [2.75, 3.05) is 38.0 Å². The lowest BCUT2D eigenvalue weighted by Gasteiger charge is -2.32. The quantitative estimate of drug-likeness (QED) is 0.562. The highest BCUT2D eigenvalue weighted by Gasteiger charge is 2.22. The van der Waals surface area contributed by atoms with Crippen molar-refractivity contribution < 1.29 is 9.72 Å². The van der Waals surface area contributed by atoms with Gasteiger partial charge in [0.05, 0.1) is 4.92 Å². The first-order valence-electron chi connectivity index (χ1n) is 8.57. The van der Waals surface area contributed by atoms with Crippen molar-refractivity contribution in [1.29, 1.82) is 0 Å². The van der Waals surface area contributed by atoms with Gasteiger partial charge < -0.3 is 15.5 Å². The Balaban J connectivity index is 1.74. The fraction of sp³-hybridized carbons (Fsp3) is 0.588. The largest absolute Gasteiger partial charge is 0.379 e. The number of nitrogens with zero attached hydrogens (tertiary/aromatic N) is 2. The van der Waals surface area contributed by atoms with Crippen LogP contribution in [0.2, 0.25) is 0 Å². The van der Waals surface area contributed by atoms with Crippen LogP contribution in [0.25, 0.3) is 0 Å². The first kappa shape index (κ1) is 18.2. The Kier molecular flexibility index (Phi) is 6.99. The summed E-state index contributed by atoms with van der Waals surface area (Å²) in [5.74, 6) is 0.766. The molecule has 1 aromatic carbocycles. The monoisotopic (exact) mass is 334 g/mol. The molecule has 0 spiro atoms. The molecule has 0 radical (unpaired) electrons. The second kappa shape index (κ2) is 9.22. The lowest BCUT2D eigenvalue weighted by atomic mass is 9.96. The Morgan fingerprint density at radius 3 is 2.71 bits per heavy atom. The third-order valence-electron chi connectivity index (χ3n) is 4.41. The lowest BCUT2D eigenvalue weighted by Crippen LogP contribution is -2.41. The number of nitro benzene ring substituents is 1. The predicted molar refractivity (Wildman–Crippen MR) is 94.1 cm³/mol. The average molecular weight is 334 g/mol. The number of benzene rings is 1. The summed E-state index contributed by atoms with van der Waals surface area (Å²) >= 11 is 0. The van der Waals surface area contributed by atoms with E-state index in [0.717, 1.165) is 39.0 Å². The fourth-order valence-electron chi connectivity index (χ4n) is 2.98. The highest BCUT2D eigenvalue weighted by atomic mass is 16.6. The van der Waals surface area contributed by atoms with Crippen molar-refractivity contribution in [3.63, 3.8) is 0 Å². The minimum absolute atomic E-state index is 0.0363. The molecular formula is C17H26N4O3. The summed E-state index contributed by atoms with van der Waals surface area (Å²) in [6.07, 6.45) is 2.43. The van der Waals surface area contributed by atoms with E-state index in [0.29, 0.717) is 24.6 Å². The van der Waals surface area contributed by atoms with E-state index in [1.807, 2.05) is 4.90 Å². The highest BCUT2D eigenvalue weighted by Crippen LogP contribution is 2.23. The summed E-state index contributed by atoms with van der Waals surface area (Å²) in [4.78, 5) is 24.7. The molecule has 24 heavy (non-hydrogen) atoms. The molecule has 0 atom stereocenters. The molecule has 2 N–H and O–H groups in total. The van der Waals surface area contributed by atoms with E-state index in [1.54, 1.807) is 18.2 Å². The van der Waals surface area contributed by atoms with Crippen LogP contribution in [0, 0.1) is 16.0 Å². The molecule has 0 unspecified atom stereocenters. The van der Waals surface area contributed by atoms with Gasteiger partial charge in [0.25, 0.3) is 5.69 Å². The molecule has 2 rings (SSSR count). The Labute approximate surface area is 142 Å². The molecule has 0 bridgehead atoms. The maximum absolute atomic E-state index is 12.3. The number of amides is 1. The minimum Gasteiger partial charge on any atom is -0.379 e. The van der Waals surface area contributed by atoms with Crippen molar-refractivity contribution in [2.24, 2.45) is 5.92 Å². The van der Waals surface area contributed by atoms with Crippen LogP contribution >= 0.6 is 0 Å². The third-order valence-corrected chi connectivity index (χ3v) is 4.41. The molecule has 1 fully saturated rings. The van der Waals surface area contributed by atoms with Gasteiger partial charge in [-0.15, -0.1) is 0 Å². The van der Waals surface area contributed by atoms with Gasteiger partial charge in [0, 0.05) is 32.1 Å². The normalized spacial score (nSPS) is 15.3. The van der Waals surface area contributed by atoms with Crippen LogP contribution in [0.15, 0.2) is 24.3 Å². The van der Waals surface area contributed by atoms with Gasteiger partial charge in [-0.3, -0.25) is 14.9 Å². The van der Waals surface area contributed by atoms with E-state index < -0.39 is 4.92 Å². The molecule has 0 aliphatic carbocycles. The summed E-state index contributed by atoms with van der Waals surface area (Å²) in [5.41, 5.74) is 0.494. The molecule has 0 aromatic heterocycles. The first-order valence-corrected chi connectivity index (χ1v) is 8.57. The molecule has 132 valence electrons.